The average Bonchev–Trinajstić information content (AvgIpc) is 2.73. The van der Waals surface area contributed by atoms with E-state index in [1.807, 2.05) is 0 Å². The number of esters is 1. The topological polar surface area (TPSA) is 71.5 Å². The zero-order chi connectivity index (χ0) is 12.1. The van der Waals surface area contributed by atoms with Gasteiger partial charge in [0.25, 0.3) is 0 Å². The van der Waals surface area contributed by atoms with Crippen molar-refractivity contribution in [2.45, 2.75) is 6.54 Å². The summed E-state index contributed by atoms with van der Waals surface area (Å²) in [5.74, 6) is -0.471. The standard InChI is InChI=1S/C9H13N3O3S/c1-12(2)9(14)10-4-7-11-6(5-16-7)8(13)15-3/h5H,4H2,1-3H3,(H,10,14). The number of urea groups is 1. The van der Waals surface area contributed by atoms with Gasteiger partial charge in [-0.3, -0.25) is 0 Å². The molecule has 6 nitrogen and oxygen atoms in total. The number of carbonyl (C=O) groups is 2. The number of nitrogens with zero attached hydrogens (tertiary/aromatic N) is 2. The lowest BCUT2D eigenvalue weighted by Crippen LogP contribution is -2.33. The highest BCUT2D eigenvalue weighted by Crippen LogP contribution is 2.10. The average molecular weight is 243 g/mol. The van der Waals surface area contributed by atoms with Crippen molar-refractivity contribution in [3.05, 3.63) is 16.1 Å². The first-order valence-electron chi connectivity index (χ1n) is 4.52. The van der Waals surface area contributed by atoms with Gasteiger partial charge in [-0.15, -0.1) is 11.3 Å². The molecule has 0 atom stereocenters. The highest BCUT2D eigenvalue weighted by molar-refractivity contribution is 7.09. The Morgan fingerprint density at radius 3 is 2.81 bits per heavy atom. The molecular formula is C9H13N3O3S. The molecule has 0 spiro atoms. The molecular weight excluding hydrogens is 230 g/mol. The fourth-order valence-electron chi connectivity index (χ4n) is 0.900. The van der Waals surface area contributed by atoms with Crippen LogP contribution in [0.25, 0.3) is 0 Å². The third-order valence-electron chi connectivity index (χ3n) is 1.74. The first-order chi connectivity index (χ1) is 7.54. The number of aromatic nitrogens is 1. The summed E-state index contributed by atoms with van der Waals surface area (Å²) >= 11 is 1.30. The van der Waals surface area contributed by atoms with E-state index in [2.05, 4.69) is 15.0 Å². The van der Waals surface area contributed by atoms with E-state index in [0.29, 0.717) is 11.6 Å². The molecule has 0 saturated heterocycles. The van der Waals surface area contributed by atoms with Gasteiger partial charge in [-0.2, -0.15) is 0 Å². The Labute approximate surface area is 97.2 Å². The molecule has 0 fully saturated rings. The fraction of sp³-hybridized carbons (Fsp3) is 0.444. The van der Waals surface area contributed by atoms with Gasteiger partial charge < -0.3 is 15.0 Å². The summed E-state index contributed by atoms with van der Waals surface area (Å²) in [6, 6.07) is -0.199. The lowest BCUT2D eigenvalue weighted by Gasteiger charge is -2.10. The maximum absolute atomic E-state index is 11.2. The Bertz CT molecular complexity index is 389. The Hall–Kier alpha value is -1.63. The highest BCUT2D eigenvalue weighted by Gasteiger charge is 2.11. The summed E-state index contributed by atoms with van der Waals surface area (Å²) < 4.78 is 4.52. The van der Waals surface area contributed by atoms with Gasteiger partial charge >= 0.3 is 12.0 Å². The molecule has 16 heavy (non-hydrogen) atoms. The summed E-state index contributed by atoms with van der Waals surface area (Å²) in [7, 11) is 4.60. The van der Waals surface area contributed by atoms with Crippen molar-refractivity contribution in [3.8, 4) is 0 Å². The minimum Gasteiger partial charge on any atom is -0.464 e. The molecule has 1 N–H and O–H groups in total. The number of amides is 2. The number of hydrogen-bond acceptors (Lipinski definition) is 5. The summed E-state index contributed by atoms with van der Waals surface area (Å²) in [6.07, 6.45) is 0. The van der Waals surface area contributed by atoms with Gasteiger partial charge in [-0.05, 0) is 0 Å². The van der Waals surface area contributed by atoms with Crippen LogP contribution in [0.2, 0.25) is 0 Å². The Balaban J connectivity index is 2.53. The first kappa shape index (κ1) is 12.4. The third-order valence-corrected chi connectivity index (χ3v) is 2.59. The molecule has 0 bridgehead atoms. The van der Waals surface area contributed by atoms with Gasteiger partial charge in [0.2, 0.25) is 0 Å². The summed E-state index contributed by atoms with van der Waals surface area (Å²) in [5.41, 5.74) is 0.265. The van der Waals surface area contributed by atoms with Crippen LogP contribution in [-0.2, 0) is 11.3 Å². The highest BCUT2D eigenvalue weighted by atomic mass is 32.1. The van der Waals surface area contributed by atoms with Crippen molar-refractivity contribution in [1.29, 1.82) is 0 Å². The van der Waals surface area contributed by atoms with Crippen LogP contribution in [0.15, 0.2) is 5.38 Å². The molecule has 0 aliphatic carbocycles. The third kappa shape index (κ3) is 3.20. The minimum atomic E-state index is -0.471. The van der Waals surface area contributed by atoms with Crippen LogP contribution in [-0.4, -0.2) is 43.1 Å². The van der Waals surface area contributed by atoms with E-state index in [-0.39, 0.29) is 11.7 Å². The van der Waals surface area contributed by atoms with Crippen LogP contribution in [0.1, 0.15) is 15.5 Å². The summed E-state index contributed by atoms with van der Waals surface area (Å²) in [5, 5.41) is 4.91. The Morgan fingerprint density at radius 2 is 2.25 bits per heavy atom. The largest absolute Gasteiger partial charge is 0.464 e. The van der Waals surface area contributed by atoms with Gasteiger partial charge in [0, 0.05) is 19.5 Å². The number of hydrogen-bond donors (Lipinski definition) is 1. The van der Waals surface area contributed by atoms with Gasteiger partial charge in [0.15, 0.2) is 5.69 Å². The SMILES string of the molecule is COC(=O)c1csc(CNC(=O)N(C)C)n1. The monoisotopic (exact) mass is 243 g/mol. The molecule has 0 aliphatic rings. The molecule has 88 valence electrons. The summed E-state index contributed by atoms with van der Waals surface area (Å²) in [4.78, 5) is 27.8. The summed E-state index contributed by atoms with van der Waals surface area (Å²) in [6.45, 7) is 0.304. The second-order valence-electron chi connectivity index (χ2n) is 3.17. The number of thiazole rings is 1. The van der Waals surface area contributed by atoms with E-state index in [9.17, 15) is 9.59 Å². The lowest BCUT2D eigenvalue weighted by atomic mass is 10.5. The van der Waals surface area contributed by atoms with Gasteiger partial charge in [0.1, 0.15) is 5.01 Å². The molecule has 0 aliphatic heterocycles. The molecule has 1 heterocycles. The van der Waals surface area contributed by atoms with Crippen molar-refractivity contribution in [3.63, 3.8) is 0 Å². The number of nitrogens with one attached hydrogen (secondary N) is 1. The van der Waals surface area contributed by atoms with Gasteiger partial charge in [-0.1, -0.05) is 0 Å². The van der Waals surface area contributed by atoms with E-state index in [4.69, 9.17) is 0 Å². The second kappa shape index (κ2) is 5.45. The lowest BCUT2D eigenvalue weighted by molar-refractivity contribution is 0.0594. The van der Waals surface area contributed by atoms with Crippen molar-refractivity contribution in [2.24, 2.45) is 0 Å². The number of carbonyl (C=O) groups excluding carboxylic acids is 2. The van der Waals surface area contributed by atoms with E-state index in [1.54, 1.807) is 19.5 Å². The van der Waals surface area contributed by atoms with Crippen LogP contribution in [0, 0.1) is 0 Å². The maximum Gasteiger partial charge on any atom is 0.357 e. The van der Waals surface area contributed by atoms with Crippen molar-refractivity contribution < 1.29 is 14.3 Å². The molecule has 1 rings (SSSR count). The predicted molar refractivity (Wildman–Crippen MR) is 59.4 cm³/mol. The van der Waals surface area contributed by atoms with Crippen LogP contribution >= 0.6 is 11.3 Å². The fourth-order valence-corrected chi connectivity index (χ4v) is 1.60. The van der Waals surface area contributed by atoms with Crippen molar-refractivity contribution >= 4 is 23.3 Å². The molecule has 1 aromatic heterocycles. The van der Waals surface area contributed by atoms with Gasteiger partial charge in [0.05, 0.1) is 13.7 Å². The molecule has 1 aromatic rings. The minimum absolute atomic E-state index is 0.199. The zero-order valence-corrected chi connectivity index (χ0v) is 10.1. The number of rotatable bonds is 3. The number of ether oxygens (including phenoxy) is 1. The molecule has 0 saturated carbocycles. The van der Waals surface area contributed by atoms with E-state index < -0.39 is 5.97 Å². The molecule has 0 aromatic carbocycles. The predicted octanol–water partition coefficient (Wildman–Crippen LogP) is 0.701. The Kier molecular flexibility index (Phi) is 4.24. The van der Waals surface area contributed by atoms with Gasteiger partial charge in [-0.25, -0.2) is 14.6 Å². The first-order valence-corrected chi connectivity index (χ1v) is 5.40. The van der Waals surface area contributed by atoms with Crippen LogP contribution < -0.4 is 5.32 Å². The van der Waals surface area contributed by atoms with Crippen LogP contribution in [0.5, 0.6) is 0 Å². The van der Waals surface area contributed by atoms with Crippen LogP contribution in [0.4, 0.5) is 4.79 Å². The molecule has 0 unspecified atom stereocenters. The quantitative estimate of drug-likeness (QED) is 0.793. The second-order valence-corrected chi connectivity index (χ2v) is 4.11. The maximum atomic E-state index is 11.2. The van der Waals surface area contributed by atoms with E-state index in [0.717, 1.165) is 0 Å². The van der Waals surface area contributed by atoms with Crippen molar-refractivity contribution in [1.82, 2.24) is 15.2 Å². The zero-order valence-electron chi connectivity index (χ0n) is 9.31. The smallest absolute Gasteiger partial charge is 0.357 e. The normalized spacial score (nSPS) is 9.69. The van der Waals surface area contributed by atoms with Crippen molar-refractivity contribution in [2.75, 3.05) is 21.2 Å². The van der Waals surface area contributed by atoms with E-state index >= 15 is 0 Å². The Morgan fingerprint density at radius 1 is 1.56 bits per heavy atom. The van der Waals surface area contributed by atoms with E-state index in [1.165, 1.54) is 23.3 Å². The van der Waals surface area contributed by atoms with Crippen LogP contribution in [0.3, 0.4) is 0 Å². The molecule has 0 radical (unpaired) electrons. The number of methoxy groups -OCH3 is 1. The molecule has 7 heteroatoms. The molecule has 2 amide bonds.